The minimum absolute atomic E-state index is 0.123. The summed E-state index contributed by atoms with van der Waals surface area (Å²) >= 11 is 11.9. The molecule has 0 heterocycles. The smallest absolute Gasteiger partial charge is 0.336 e. The number of carbonyl (C=O) groups excluding carboxylic acids is 1. The van der Waals surface area contributed by atoms with Crippen molar-refractivity contribution in [3.8, 4) is 0 Å². The number of carbonyl (C=O) groups is 2. The molecule has 0 aromatic heterocycles. The summed E-state index contributed by atoms with van der Waals surface area (Å²) in [6, 6.07) is 9.39. The molecule has 0 aliphatic carbocycles. The van der Waals surface area contributed by atoms with Crippen LogP contribution in [0.25, 0.3) is 0 Å². The highest BCUT2D eigenvalue weighted by atomic mass is 35.5. The Kier molecular flexibility index (Phi) is 4.50. The van der Waals surface area contributed by atoms with Gasteiger partial charge < -0.3 is 10.4 Å². The van der Waals surface area contributed by atoms with Crippen molar-refractivity contribution in [2.75, 3.05) is 5.32 Å². The van der Waals surface area contributed by atoms with E-state index in [-0.39, 0.29) is 21.2 Å². The van der Waals surface area contributed by atoms with Crippen LogP contribution in [0.5, 0.6) is 0 Å². The van der Waals surface area contributed by atoms with Crippen LogP contribution in [0.2, 0.25) is 10.0 Å². The van der Waals surface area contributed by atoms with E-state index in [2.05, 4.69) is 5.32 Å². The maximum absolute atomic E-state index is 12.3. The fourth-order valence-corrected chi connectivity index (χ4v) is 2.47. The second kappa shape index (κ2) is 6.16. The number of benzene rings is 2. The number of carboxylic acids is 1. The Labute approximate surface area is 131 Å². The van der Waals surface area contributed by atoms with E-state index in [1.807, 2.05) is 0 Å². The first-order valence-electron chi connectivity index (χ1n) is 6.00. The molecule has 108 valence electrons. The zero-order valence-corrected chi connectivity index (χ0v) is 12.5. The number of hydrogen-bond donors (Lipinski definition) is 2. The molecule has 0 bridgehead atoms. The van der Waals surface area contributed by atoms with E-state index in [0.29, 0.717) is 11.3 Å². The number of hydrogen-bond acceptors (Lipinski definition) is 2. The molecule has 2 aromatic rings. The summed E-state index contributed by atoms with van der Waals surface area (Å²) in [6.45, 7) is 1.62. The van der Waals surface area contributed by atoms with Gasteiger partial charge in [0.1, 0.15) is 0 Å². The number of aromatic carboxylic acids is 1. The highest BCUT2D eigenvalue weighted by Crippen LogP contribution is 2.26. The van der Waals surface area contributed by atoms with Gasteiger partial charge in [0.2, 0.25) is 0 Å². The van der Waals surface area contributed by atoms with Crippen molar-refractivity contribution < 1.29 is 14.7 Å². The van der Waals surface area contributed by atoms with Crippen molar-refractivity contribution in [3.05, 3.63) is 63.1 Å². The van der Waals surface area contributed by atoms with Crippen LogP contribution in [0.1, 0.15) is 26.3 Å². The van der Waals surface area contributed by atoms with Crippen LogP contribution in [-0.2, 0) is 0 Å². The summed E-state index contributed by atoms with van der Waals surface area (Å²) in [6.07, 6.45) is 0. The maximum atomic E-state index is 12.3. The predicted octanol–water partition coefficient (Wildman–Crippen LogP) is 4.25. The molecule has 0 radical (unpaired) electrons. The van der Waals surface area contributed by atoms with Crippen molar-refractivity contribution >= 4 is 40.8 Å². The molecule has 21 heavy (non-hydrogen) atoms. The Balaban J connectivity index is 2.37. The van der Waals surface area contributed by atoms with E-state index < -0.39 is 11.9 Å². The van der Waals surface area contributed by atoms with Crippen LogP contribution in [0.4, 0.5) is 5.69 Å². The van der Waals surface area contributed by atoms with Gasteiger partial charge in [-0.1, -0.05) is 35.3 Å². The number of carboxylic acid groups (broad SMARTS) is 1. The number of nitrogens with one attached hydrogen (secondary N) is 1. The van der Waals surface area contributed by atoms with Gasteiger partial charge in [-0.2, -0.15) is 0 Å². The third kappa shape index (κ3) is 3.17. The first-order chi connectivity index (χ1) is 9.91. The van der Waals surface area contributed by atoms with E-state index in [1.54, 1.807) is 37.3 Å². The average molecular weight is 324 g/mol. The third-order valence-electron chi connectivity index (χ3n) is 3.00. The normalized spacial score (nSPS) is 10.2. The van der Waals surface area contributed by atoms with E-state index in [1.165, 1.54) is 6.07 Å². The minimum atomic E-state index is -1.06. The van der Waals surface area contributed by atoms with Gasteiger partial charge in [-0.05, 0) is 36.8 Å². The fraction of sp³-hybridized carbons (Fsp3) is 0.0667. The van der Waals surface area contributed by atoms with Crippen molar-refractivity contribution in [1.82, 2.24) is 0 Å². The van der Waals surface area contributed by atoms with Crippen LogP contribution in [-0.4, -0.2) is 17.0 Å². The summed E-state index contributed by atoms with van der Waals surface area (Å²) in [5.41, 5.74) is 1.14. The molecule has 1 amide bonds. The number of amides is 1. The van der Waals surface area contributed by atoms with Gasteiger partial charge in [0.25, 0.3) is 5.91 Å². The second-order valence-electron chi connectivity index (χ2n) is 4.33. The minimum Gasteiger partial charge on any atom is -0.478 e. The van der Waals surface area contributed by atoms with E-state index in [9.17, 15) is 9.59 Å². The van der Waals surface area contributed by atoms with Crippen molar-refractivity contribution in [1.29, 1.82) is 0 Å². The molecule has 4 nitrogen and oxygen atoms in total. The number of anilines is 1. The quantitative estimate of drug-likeness (QED) is 0.887. The van der Waals surface area contributed by atoms with E-state index in [0.717, 1.165) is 0 Å². The Bertz CT molecular complexity index is 709. The Morgan fingerprint density at radius 2 is 1.62 bits per heavy atom. The highest BCUT2D eigenvalue weighted by Gasteiger charge is 2.17. The second-order valence-corrected chi connectivity index (χ2v) is 5.15. The molecule has 2 aromatic carbocycles. The first kappa shape index (κ1) is 15.4. The summed E-state index contributed by atoms with van der Waals surface area (Å²) in [5, 5.41) is 12.2. The predicted molar refractivity (Wildman–Crippen MR) is 82.6 cm³/mol. The molecule has 0 fully saturated rings. The largest absolute Gasteiger partial charge is 0.478 e. The SMILES string of the molecule is Cc1c(NC(=O)c2c(Cl)cccc2Cl)cccc1C(=O)O. The molecular formula is C15H11Cl2NO3. The molecule has 0 unspecified atom stereocenters. The molecule has 0 saturated carbocycles. The molecule has 0 aliphatic rings. The van der Waals surface area contributed by atoms with E-state index in [4.69, 9.17) is 28.3 Å². The molecule has 2 N–H and O–H groups in total. The first-order valence-corrected chi connectivity index (χ1v) is 6.75. The Morgan fingerprint density at radius 3 is 2.19 bits per heavy atom. The summed E-state index contributed by atoms with van der Waals surface area (Å²) in [7, 11) is 0. The Morgan fingerprint density at radius 1 is 1.05 bits per heavy atom. The van der Waals surface area contributed by atoms with Gasteiger partial charge in [0.15, 0.2) is 0 Å². The van der Waals surface area contributed by atoms with Gasteiger partial charge >= 0.3 is 5.97 Å². The lowest BCUT2D eigenvalue weighted by molar-refractivity contribution is 0.0695. The monoisotopic (exact) mass is 323 g/mol. The third-order valence-corrected chi connectivity index (χ3v) is 3.63. The van der Waals surface area contributed by atoms with Gasteiger partial charge in [-0.15, -0.1) is 0 Å². The molecule has 0 atom stereocenters. The van der Waals surface area contributed by atoms with Crippen LogP contribution in [0.15, 0.2) is 36.4 Å². The van der Waals surface area contributed by atoms with Crippen LogP contribution in [0.3, 0.4) is 0 Å². The maximum Gasteiger partial charge on any atom is 0.336 e. The van der Waals surface area contributed by atoms with Crippen LogP contribution in [0, 0.1) is 6.92 Å². The van der Waals surface area contributed by atoms with Gasteiger partial charge in [0, 0.05) is 5.69 Å². The van der Waals surface area contributed by atoms with Gasteiger partial charge in [-0.3, -0.25) is 4.79 Å². The topological polar surface area (TPSA) is 66.4 Å². The molecular weight excluding hydrogens is 313 g/mol. The number of halogens is 2. The zero-order valence-electron chi connectivity index (χ0n) is 11.0. The molecule has 2 rings (SSSR count). The zero-order chi connectivity index (χ0) is 15.6. The van der Waals surface area contributed by atoms with Crippen molar-refractivity contribution in [2.45, 2.75) is 6.92 Å². The van der Waals surface area contributed by atoms with Gasteiger partial charge in [0.05, 0.1) is 21.2 Å². The van der Waals surface area contributed by atoms with Crippen molar-refractivity contribution in [3.63, 3.8) is 0 Å². The van der Waals surface area contributed by atoms with Crippen LogP contribution < -0.4 is 5.32 Å². The fourth-order valence-electron chi connectivity index (χ4n) is 1.90. The summed E-state index contributed by atoms with van der Waals surface area (Å²) in [4.78, 5) is 23.3. The lowest BCUT2D eigenvalue weighted by atomic mass is 10.1. The van der Waals surface area contributed by atoms with E-state index >= 15 is 0 Å². The van der Waals surface area contributed by atoms with Crippen LogP contribution >= 0.6 is 23.2 Å². The lowest BCUT2D eigenvalue weighted by Crippen LogP contribution is -2.15. The average Bonchev–Trinajstić information content (AvgIpc) is 2.40. The summed E-state index contributed by atoms with van der Waals surface area (Å²) in [5.74, 6) is -1.55. The molecule has 6 heteroatoms. The lowest BCUT2D eigenvalue weighted by Gasteiger charge is -2.12. The molecule has 0 saturated heterocycles. The molecule has 0 aliphatic heterocycles. The number of rotatable bonds is 3. The van der Waals surface area contributed by atoms with Crippen molar-refractivity contribution in [2.24, 2.45) is 0 Å². The Hall–Kier alpha value is -2.04. The van der Waals surface area contributed by atoms with Gasteiger partial charge in [-0.25, -0.2) is 4.79 Å². The molecule has 0 spiro atoms. The highest BCUT2D eigenvalue weighted by molar-refractivity contribution is 6.40. The summed E-state index contributed by atoms with van der Waals surface area (Å²) < 4.78 is 0. The standard InChI is InChI=1S/C15H11Cl2NO3/c1-8-9(15(20)21)4-2-7-12(8)18-14(19)13-10(16)5-3-6-11(13)17/h2-7H,1H3,(H,18,19)(H,20,21).